The summed E-state index contributed by atoms with van der Waals surface area (Å²) in [5, 5.41) is 10.8. The van der Waals surface area contributed by atoms with Crippen LogP contribution >= 0.6 is 0 Å². The highest BCUT2D eigenvalue weighted by molar-refractivity contribution is 5.71. The maximum absolute atomic E-state index is 12.8. The van der Waals surface area contributed by atoms with E-state index < -0.39 is 23.1 Å². The molecule has 2 heterocycles. The average Bonchev–Trinajstić information content (AvgIpc) is 2.96. The third-order valence-corrected chi connectivity index (χ3v) is 6.86. The first-order chi connectivity index (χ1) is 19.2. The summed E-state index contributed by atoms with van der Waals surface area (Å²) in [7, 11) is 4.51. The zero-order chi connectivity index (χ0) is 28.8. The molecule has 0 bridgehead atoms. The SMILES string of the molecule is C=C(C)COc1ccc([C@@H](CC(=O)OC)c2oc(CN3CCc4cc(OC)c(OC)cc4C3)cc(=O)c2O)cc1. The quantitative estimate of drug-likeness (QED) is 0.272. The van der Waals surface area contributed by atoms with Crippen molar-refractivity contribution >= 4 is 5.97 Å². The van der Waals surface area contributed by atoms with Gasteiger partial charge >= 0.3 is 5.97 Å². The molecule has 0 saturated carbocycles. The number of rotatable bonds is 11. The molecule has 3 aromatic rings. The Labute approximate surface area is 233 Å². The zero-order valence-electron chi connectivity index (χ0n) is 23.3. The molecular formula is C31H35NO8. The van der Waals surface area contributed by atoms with Gasteiger partial charge in [0.05, 0.1) is 40.2 Å². The van der Waals surface area contributed by atoms with Crippen molar-refractivity contribution in [1.82, 2.24) is 4.90 Å². The number of ether oxygens (including phenoxy) is 4. The number of carbonyl (C=O) groups is 1. The van der Waals surface area contributed by atoms with Crippen LogP contribution in [0.4, 0.5) is 0 Å². The summed E-state index contributed by atoms with van der Waals surface area (Å²) in [6, 6.07) is 12.3. The maximum atomic E-state index is 12.8. The summed E-state index contributed by atoms with van der Waals surface area (Å²) in [5.74, 6) is 0.611. The van der Waals surface area contributed by atoms with Gasteiger partial charge in [0.15, 0.2) is 17.3 Å². The number of aromatic hydroxyl groups is 1. The molecule has 1 aromatic heterocycles. The number of benzene rings is 2. The van der Waals surface area contributed by atoms with Crippen molar-refractivity contribution in [2.24, 2.45) is 0 Å². The van der Waals surface area contributed by atoms with Gasteiger partial charge in [-0.2, -0.15) is 0 Å². The lowest BCUT2D eigenvalue weighted by Gasteiger charge is -2.29. The van der Waals surface area contributed by atoms with Crippen LogP contribution in [0.5, 0.6) is 23.0 Å². The maximum Gasteiger partial charge on any atom is 0.306 e. The fourth-order valence-electron chi connectivity index (χ4n) is 4.78. The van der Waals surface area contributed by atoms with Gasteiger partial charge in [-0.05, 0) is 59.9 Å². The molecule has 0 unspecified atom stereocenters. The van der Waals surface area contributed by atoms with Gasteiger partial charge < -0.3 is 28.5 Å². The summed E-state index contributed by atoms with van der Waals surface area (Å²) in [5.41, 5.74) is 3.25. The zero-order valence-corrected chi connectivity index (χ0v) is 23.3. The number of fused-ring (bicyclic) bond motifs is 1. The Bertz CT molecular complexity index is 1430. The van der Waals surface area contributed by atoms with Crippen molar-refractivity contribution < 1.29 is 33.3 Å². The average molecular weight is 550 g/mol. The third-order valence-electron chi connectivity index (χ3n) is 6.86. The fraction of sp³-hybridized carbons (Fsp3) is 0.355. The van der Waals surface area contributed by atoms with Crippen LogP contribution in [0.2, 0.25) is 0 Å². The summed E-state index contributed by atoms with van der Waals surface area (Å²) in [6.07, 6.45) is 0.663. The Morgan fingerprint density at radius 2 is 1.75 bits per heavy atom. The highest BCUT2D eigenvalue weighted by Gasteiger charge is 2.28. The van der Waals surface area contributed by atoms with Crippen LogP contribution < -0.4 is 19.6 Å². The Hall–Kier alpha value is -4.24. The van der Waals surface area contributed by atoms with Gasteiger partial charge in [-0.15, -0.1) is 0 Å². The fourth-order valence-corrected chi connectivity index (χ4v) is 4.78. The molecule has 1 N–H and O–H groups in total. The number of hydrogen-bond donors (Lipinski definition) is 1. The van der Waals surface area contributed by atoms with Crippen LogP contribution in [-0.4, -0.2) is 50.5 Å². The van der Waals surface area contributed by atoms with Crippen LogP contribution in [0.3, 0.4) is 0 Å². The molecule has 9 heteroatoms. The van der Waals surface area contributed by atoms with E-state index in [0.29, 0.717) is 48.3 Å². The van der Waals surface area contributed by atoms with E-state index in [4.69, 9.17) is 23.4 Å². The van der Waals surface area contributed by atoms with Crippen molar-refractivity contribution in [3.05, 3.63) is 93.1 Å². The topological polar surface area (TPSA) is 108 Å². The lowest BCUT2D eigenvalue weighted by molar-refractivity contribution is -0.140. The molecule has 1 aliphatic heterocycles. The molecule has 1 atom stereocenters. The molecule has 0 aliphatic carbocycles. The Morgan fingerprint density at radius 3 is 2.38 bits per heavy atom. The highest BCUT2D eigenvalue weighted by atomic mass is 16.5. The Balaban J connectivity index is 1.62. The molecule has 0 saturated heterocycles. The van der Waals surface area contributed by atoms with Crippen molar-refractivity contribution in [3.63, 3.8) is 0 Å². The largest absolute Gasteiger partial charge is 0.502 e. The second kappa shape index (κ2) is 12.7. The van der Waals surface area contributed by atoms with E-state index in [1.165, 1.54) is 18.7 Å². The minimum absolute atomic E-state index is 0.0207. The molecule has 2 aromatic carbocycles. The number of methoxy groups -OCH3 is 3. The molecule has 0 spiro atoms. The van der Waals surface area contributed by atoms with Crippen LogP contribution in [0.25, 0.3) is 0 Å². The molecule has 0 radical (unpaired) electrons. The van der Waals surface area contributed by atoms with Gasteiger partial charge in [-0.1, -0.05) is 18.7 Å². The molecule has 40 heavy (non-hydrogen) atoms. The van der Waals surface area contributed by atoms with Gasteiger partial charge in [-0.25, -0.2) is 0 Å². The van der Waals surface area contributed by atoms with Crippen LogP contribution in [-0.2, 0) is 29.0 Å². The van der Waals surface area contributed by atoms with E-state index in [0.717, 1.165) is 24.1 Å². The first-order valence-corrected chi connectivity index (χ1v) is 13.0. The molecule has 1 aliphatic rings. The van der Waals surface area contributed by atoms with E-state index >= 15 is 0 Å². The van der Waals surface area contributed by atoms with Crippen LogP contribution in [0.1, 0.15) is 47.5 Å². The van der Waals surface area contributed by atoms with Crippen molar-refractivity contribution in [2.45, 2.75) is 38.8 Å². The summed E-state index contributed by atoms with van der Waals surface area (Å²) in [6.45, 7) is 7.78. The number of esters is 1. The van der Waals surface area contributed by atoms with Crippen molar-refractivity contribution in [1.29, 1.82) is 0 Å². The second-order valence-electron chi connectivity index (χ2n) is 9.87. The normalized spacial score (nSPS) is 13.7. The molecular weight excluding hydrogens is 514 g/mol. The monoisotopic (exact) mass is 549 g/mol. The summed E-state index contributed by atoms with van der Waals surface area (Å²) in [4.78, 5) is 27.3. The summed E-state index contributed by atoms with van der Waals surface area (Å²) < 4.78 is 27.6. The van der Waals surface area contributed by atoms with Crippen molar-refractivity contribution in [3.8, 4) is 23.0 Å². The minimum Gasteiger partial charge on any atom is -0.502 e. The lowest BCUT2D eigenvalue weighted by atomic mass is 9.92. The second-order valence-corrected chi connectivity index (χ2v) is 9.87. The number of nitrogens with zero attached hydrogens (tertiary/aromatic N) is 1. The highest BCUT2D eigenvalue weighted by Crippen LogP contribution is 2.36. The molecule has 4 rings (SSSR count). The molecule has 0 amide bonds. The number of hydrogen-bond acceptors (Lipinski definition) is 9. The summed E-state index contributed by atoms with van der Waals surface area (Å²) >= 11 is 0. The lowest BCUT2D eigenvalue weighted by Crippen LogP contribution is -2.30. The van der Waals surface area contributed by atoms with Crippen LogP contribution in [0, 0.1) is 0 Å². The van der Waals surface area contributed by atoms with Gasteiger partial charge in [0.25, 0.3) is 0 Å². The molecule has 0 fully saturated rings. The molecule has 9 nitrogen and oxygen atoms in total. The van der Waals surface area contributed by atoms with E-state index in [2.05, 4.69) is 11.5 Å². The Morgan fingerprint density at radius 1 is 1.07 bits per heavy atom. The van der Waals surface area contributed by atoms with E-state index in [1.807, 2.05) is 19.1 Å². The predicted molar refractivity (Wildman–Crippen MR) is 149 cm³/mol. The standard InChI is InChI=1S/C31H35NO8/c1-19(2)18-39-23-8-6-20(7-9-23)25(15-29(34)38-5)31-30(35)26(33)14-24(40-31)17-32-11-10-21-12-27(36-3)28(37-4)13-22(21)16-32/h6-9,12-14,25,35H,1,10-11,15-18H2,2-5H3/t25-/m1/s1. The van der Waals surface area contributed by atoms with Crippen molar-refractivity contribution in [2.75, 3.05) is 34.5 Å². The van der Waals surface area contributed by atoms with Gasteiger partial charge in [0, 0.05) is 19.2 Å². The van der Waals surface area contributed by atoms with E-state index in [9.17, 15) is 14.7 Å². The van der Waals surface area contributed by atoms with Gasteiger partial charge in [0.1, 0.15) is 18.1 Å². The number of carbonyl (C=O) groups excluding carboxylic acids is 1. The molecule has 212 valence electrons. The Kier molecular flexibility index (Phi) is 9.16. The predicted octanol–water partition coefficient (Wildman–Crippen LogP) is 4.57. The van der Waals surface area contributed by atoms with E-state index in [-0.39, 0.29) is 12.2 Å². The van der Waals surface area contributed by atoms with Gasteiger partial charge in [0.2, 0.25) is 11.2 Å². The van der Waals surface area contributed by atoms with Gasteiger partial charge in [-0.3, -0.25) is 14.5 Å². The third kappa shape index (κ3) is 6.66. The van der Waals surface area contributed by atoms with Crippen LogP contribution in [0.15, 0.2) is 63.8 Å². The first kappa shape index (κ1) is 28.8. The smallest absolute Gasteiger partial charge is 0.306 e. The van der Waals surface area contributed by atoms with E-state index in [1.54, 1.807) is 38.5 Å². The first-order valence-electron chi connectivity index (χ1n) is 13.0. The minimum atomic E-state index is -0.742.